The topological polar surface area (TPSA) is 29.1 Å². The molecule has 2 nitrogen and oxygen atoms in total. The first-order valence-electron chi connectivity index (χ1n) is 6.89. The Labute approximate surface area is 108 Å². The molecule has 0 radical (unpaired) electrons. The van der Waals surface area contributed by atoms with Gasteiger partial charge in [-0.1, -0.05) is 48.5 Å². The lowest BCUT2D eigenvalue weighted by Crippen LogP contribution is -2.34. The molecule has 0 aromatic carbocycles. The summed E-state index contributed by atoms with van der Waals surface area (Å²) in [5.74, 6) is 1.59. The fourth-order valence-electron chi connectivity index (χ4n) is 2.35. The van der Waals surface area contributed by atoms with Crippen molar-refractivity contribution in [1.82, 2.24) is 5.32 Å². The molecule has 0 fully saturated rings. The van der Waals surface area contributed by atoms with Crippen molar-refractivity contribution in [3.8, 4) is 0 Å². The van der Waals surface area contributed by atoms with Crippen molar-refractivity contribution in [1.29, 1.82) is 0 Å². The van der Waals surface area contributed by atoms with Gasteiger partial charge in [0.25, 0.3) is 0 Å². The third kappa shape index (κ3) is 9.20. The molecule has 0 bridgehead atoms. The van der Waals surface area contributed by atoms with Crippen molar-refractivity contribution in [2.45, 2.75) is 61.3 Å². The molecule has 0 aliphatic rings. The van der Waals surface area contributed by atoms with Gasteiger partial charge in [0, 0.05) is 12.5 Å². The third-order valence-corrected chi connectivity index (χ3v) is 2.86. The SMILES string of the molecule is CC(C)CC(C)CNC(=O)C(C)CC(C)(C)C. The summed E-state index contributed by atoms with van der Waals surface area (Å²) in [6, 6.07) is 0. The summed E-state index contributed by atoms with van der Waals surface area (Å²) >= 11 is 0. The van der Waals surface area contributed by atoms with Gasteiger partial charge >= 0.3 is 0 Å². The third-order valence-electron chi connectivity index (χ3n) is 2.86. The Bertz CT molecular complexity index is 228. The fourth-order valence-corrected chi connectivity index (χ4v) is 2.35. The van der Waals surface area contributed by atoms with Gasteiger partial charge in [0.15, 0.2) is 0 Å². The van der Waals surface area contributed by atoms with Gasteiger partial charge in [-0.2, -0.15) is 0 Å². The molecule has 0 heterocycles. The van der Waals surface area contributed by atoms with Crippen molar-refractivity contribution in [2.75, 3.05) is 6.54 Å². The number of nitrogens with one attached hydrogen (secondary N) is 1. The van der Waals surface area contributed by atoms with Crippen LogP contribution in [0.5, 0.6) is 0 Å². The molecular weight excluding hydrogens is 210 g/mol. The van der Waals surface area contributed by atoms with E-state index in [2.05, 4.69) is 46.9 Å². The Balaban J connectivity index is 3.93. The molecule has 1 N–H and O–H groups in total. The Kier molecular flexibility index (Phi) is 6.81. The molecule has 2 atom stereocenters. The van der Waals surface area contributed by atoms with Crippen LogP contribution in [-0.2, 0) is 4.79 Å². The molecule has 0 saturated carbocycles. The monoisotopic (exact) mass is 241 g/mol. The highest BCUT2D eigenvalue weighted by molar-refractivity contribution is 5.78. The van der Waals surface area contributed by atoms with Gasteiger partial charge < -0.3 is 5.32 Å². The van der Waals surface area contributed by atoms with Crippen LogP contribution in [0.4, 0.5) is 0 Å². The molecule has 17 heavy (non-hydrogen) atoms. The molecule has 102 valence electrons. The van der Waals surface area contributed by atoms with E-state index in [0.29, 0.717) is 11.8 Å². The highest BCUT2D eigenvalue weighted by Crippen LogP contribution is 2.24. The standard InChI is InChI=1S/C15H31NO/c1-11(2)8-12(3)10-16-14(17)13(4)9-15(5,6)7/h11-13H,8-10H2,1-7H3,(H,16,17). The number of hydrogen-bond acceptors (Lipinski definition) is 1. The van der Waals surface area contributed by atoms with E-state index >= 15 is 0 Å². The number of carbonyl (C=O) groups excluding carboxylic acids is 1. The maximum atomic E-state index is 11.9. The summed E-state index contributed by atoms with van der Waals surface area (Å²) in [5, 5.41) is 3.07. The van der Waals surface area contributed by atoms with Crippen LogP contribution in [0.1, 0.15) is 61.3 Å². The predicted molar refractivity (Wildman–Crippen MR) is 74.9 cm³/mol. The summed E-state index contributed by atoms with van der Waals surface area (Å²) in [4.78, 5) is 11.9. The minimum atomic E-state index is 0.112. The van der Waals surface area contributed by atoms with Crippen molar-refractivity contribution in [2.24, 2.45) is 23.2 Å². The zero-order chi connectivity index (χ0) is 13.6. The summed E-state index contributed by atoms with van der Waals surface area (Å²) in [6.45, 7) is 16.0. The van der Waals surface area contributed by atoms with Crippen LogP contribution in [0.25, 0.3) is 0 Å². The number of rotatable bonds is 6. The van der Waals surface area contributed by atoms with E-state index in [1.807, 2.05) is 6.92 Å². The Hall–Kier alpha value is -0.530. The Morgan fingerprint density at radius 3 is 2.06 bits per heavy atom. The van der Waals surface area contributed by atoms with E-state index in [4.69, 9.17) is 0 Å². The summed E-state index contributed by atoms with van der Waals surface area (Å²) < 4.78 is 0. The first kappa shape index (κ1) is 16.5. The Morgan fingerprint density at radius 1 is 1.12 bits per heavy atom. The largest absolute Gasteiger partial charge is 0.356 e. The van der Waals surface area contributed by atoms with Crippen LogP contribution in [0, 0.1) is 23.2 Å². The van der Waals surface area contributed by atoms with E-state index in [-0.39, 0.29) is 17.2 Å². The molecular formula is C15H31NO. The molecule has 0 aromatic heterocycles. The Morgan fingerprint density at radius 2 is 1.65 bits per heavy atom. The molecule has 0 aromatic rings. The van der Waals surface area contributed by atoms with E-state index in [1.165, 1.54) is 6.42 Å². The van der Waals surface area contributed by atoms with Crippen LogP contribution in [0.2, 0.25) is 0 Å². The van der Waals surface area contributed by atoms with Crippen molar-refractivity contribution in [3.05, 3.63) is 0 Å². The van der Waals surface area contributed by atoms with E-state index < -0.39 is 0 Å². The average Bonchev–Trinajstić information content (AvgIpc) is 2.10. The second kappa shape index (κ2) is 7.03. The molecule has 0 aliphatic carbocycles. The minimum absolute atomic E-state index is 0.112. The van der Waals surface area contributed by atoms with Crippen LogP contribution in [0.15, 0.2) is 0 Å². The number of amides is 1. The smallest absolute Gasteiger partial charge is 0.222 e. The lowest BCUT2D eigenvalue weighted by Gasteiger charge is -2.23. The highest BCUT2D eigenvalue weighted by atomic mass is 16.1. The molecule has 2 unspecified atom stereocenters. The van der Waals surface area contributed by atoms with Crippen LogP contribution < -0.4 is 5.32 Å². The lowest BCUT2D eigenvalue weighted by atomic mass is 9.85. The zero-order valence-corrected chi connectivity index (χ0v) is 12.8. The second-order valence-corrected chi connectivity index (χ2v) is 7.15. The van der Waals surface area contributed by atoms with Gasteiger partial charge in [0.1, 0.15) is 0 Å². The van der Waals surface area contributed by atoms with Gasteiger partial charge in [-0.3, -0.25) is 4.79 Å². The highest BCUT2D eigenvalue weighted by Gasteiger charge is 2.20. The van der Waals surface area contributed by atoms with Gasteiger partial charge in [0.2, 0.25) is 5.91 Å². The van der Waals surface area contributed by atoms with Crippen molar-refractivity contribution >= 4 is 5.91 Å². The number of carbonyl (C=O) groups is 1. The van der Waals surface area contributed by atoms with Crippen LogP contribution >= 0.6 is 0 Å². The first-order valence-corrected chi connectivity index (χ1v) is 6.89. The van der Waals surface area contributed by atoms with E-state index in [9.17, 15) is 4.79 Å². The maximum Gasteiger partial charge on any atom is 0.222 e. The molecule has 0 saturated heterocycles. The van der Waals surface area contributed by atoms with Crippen LogP contribution in [0.3, 0.4) is 0 Å². The quantitative estimate of drug-likeness (QED) is 0.751. The van der Waals surface area contributed by atoms with E-state index in [0.717, 1.165) is 13.0 Å². The van der Waals surface area contributed by atoms with Crippen molar-refractivity contribution in [3.63, 3.8) is 0 Å². The average molecular weight is 241 g/mol. The molecule has 1 amide bonds. The van der Waals surface area contributed by atoms with Gasteiger partial charge in [-0.15, -0.1) is 0 Å². The van der Waals surface area contributed by atoms with Crippen LogP contribution in [-0.4, -0.2) is 12.5 Å². The minimum Gasteiger partial charge on any atom is -0.356 e. The van der Waals surface area contributed by atoms with Gasteiger partial charge in [-0.05, 0) is 30.1 Å². The summed E-state index contributed by atoms with van der Waals surface area (Å²) in [5.41, 5.74) is 0.223. The van der Waals surface area contributed by atoms with E-state index in [1.54, 1.807) is 0 Å². The summed E-state index contributed by atoms with van der Waals surface area (Å²) in [7, 11) is 0. The first-order chi connectivity index (χ1) is 7.61. The lowest BCUT2D eigenvalue weighted by molar-refractivity contribution is -0.125. The van der Waals surface area contributed by atoms with Gasteiger partial charge in [-0.25, -0.2) is 0 Å². The zero-order valence-electron chi connectivity index (χ0n) is 12.8. The molecule has 0 rings (SSSR count). The molecule has 0 spiro atoms. The fraction of sp³-hybridized carbons (Fsp3) is 0.933. The maximum absolute atomic E-state index is 11.9. The van der Waals surface area contributed by atoms with Crippen molar-refractivity contribution < 1.29 is 4.79 Å². The second-order valence-electron chi connectivity index (χ2n) is 7.15. The number of hydrogen-bond donors (Lipinski definition) is 1. The molecule has 2 heteroatoms. The van der Waals surface area contributed by atoms with Gasteiger partial charge in [0.05, 0.1) is 0 Å². The molecule has 0 aliphatic heterocycles. The normalized spacial score (nSPS) is 15.8. The predicted octanol–water partition coefficient (Wildman–Crippen LogP) is 3.86. The summed E-state index contributed by atoms with van der Waals surface area (Å²) in [6.07, 6.45) is 2.12.